The van der Waals surface area contributed by atoms with Gasteiger partial charge in [-0.1, -0.05) is 20.8 Å². The van der Waals surface area contributed by atoms with E-state index in [1.807, 2.05) is 20.8 Å². The summed E-state index contributed by atoms with van der Waals surface area (Å²) in [6, 6.07) is -0.871. The highest BCUT2D eigenvalue weighted by atomic mass is 16.5. The van der Waals surface area contributed by atoms with Gasteiger partial charge in [0.25, 0.3) is 0 Å². The molecule has 0 aromatic rings. The smallest absolute Gasteiger partial charge is 0.322 e. The van der Waals surface area contributed by atoms with E-state index in [0.29, 0.717) is 18.8 Å². The van der Waals surface area contributed by atoms with Gasteiger partial charge in [0.15, 0.2) is 0 Å². The van der Waals surface area contributed by atoms with E-state index in [1.54, 1.807) is 0 Å². The minimum Gasteiger partial charge on any atom is -0.463 e. The van der Waals surface area contributed by atoms with Gasteiger partial charge < -0.3 is 10.5 Å². The molecule has 83 valence electrons. The molecular formula is C10H21N2O2. The number of hydrogen-bond acceptors (Lipinski definition) is 3. The lowest BCUT2D eigenvalue weighted by molar-refractivity contribution is -0.146. The Kier molecular flexibility index (Phi) is 6.49. The number of nitrogens with one attached hydrogen (secondary N) is 1. The third-order valence-electron chi connectivity index (χ3n) is 1.95. The molecule has 0 saturated heterocycles. The first-order valence-corrected chi connectivity index (χ1v) is 5.10. The predicted molar refractivity (Wildman–Crippen MR) is 55.6 cm³/mol. The Morgan fingerprint density at radius 2 is 2.07 bits per heavy atom. The second-order valence-corrected chi connectivity index (χ2v) is 3.97. The van der Waals surface area contributed by atoms with Crippen LogP contribution in [-0.2, 0) is 9.53 Å². The van der Waals surface area contributed by atoms with Gasteiger partial charge in [-0.3, -0.25) is 10.5 Å². The van der Waals surface area contributed by atoms with Crippen molar-refractivity contribution in [2.24, 2.45) is 11.7 Å². The number of carbonyl (C=O) groups is 1. The summed E-state index contributed by atoms with van der Waals surface area (Å²) in [6.45, 7) is 6.06. The summed E-state index contributed by atoms with van der Waals surface area (Å²) in [4.78, 5) is 11.3. The van der Waals surface area contributed by atoms with Crippen molar-refractivity contribution in [3.63, 3.8) is 0 Å². The molecule has 0 aliphatic rings. The molecule has 0 amide bonds. The second-order valence-electron chi connectivity index (χ2n) is 3.97. The molecule has 0 aromatic carbocycles. The minimum atomic E-state index is -0.543. The molecule has 14 heavy (non-hydrogen) atoms. The van der Waals surface area contributed by atoms with Crippen LogP contribution in [0.15, 0.2) is 0 Å². The van der Waals surface area contributed by atoms with Crippen molar-refractivity contribution in [1.29, 1.82) is 0 Å². The molecule has 1 radical (unpaired) electrons. The maximum atomic E-state index is 11.3. The van der Waals surface area contributed by atoms with Gasteiger partial charge in [0.2, 0.25) is 0 Å². The molecule has 0 spiro atoms. The van der Waals surface area contributed by atoms with Crippen LogP contribution in [0, 0.1) is 5.92 Å². The monoisotopic (exact) mass is 201 g/mol. The van der Waals surface area contributed by atoms with Crippen LogP contribution in [0.2, 0.25) is 0 Å². The molecule has 4 heteroatoms. The first-order chi connectivity index (χ1) is 6.47. The van der Waals surface area contributed by atoms with Gasteiger partial charge in [0.1, 0.15) is 12.6 Å². The molecule has 2 atom stereocenters. The summed E-state index contributed by atoms with van der Waals surface area (Å²) in [5.41, 5.74) is 13.0. The van der Waals surface area contributed by atoms with Gasteiger partial charge >= 0.3 is 5.97 Å². The molecule has 0 rings (SSSR count). The highest BCUT2D eigenvalue weighted by Gasteiger charge is 2.17. The molecule has 3 N–H and O–H groups in total. The number of carbonyl (C=O) groups excluding carboxylic acids is 1. The zero-order valence-corrected chi connectivity index (χ0v) is 9.25. The zero-order valence-electron chi connectivity index (χ0n) is 9.25. The standard InChI is InChI=1S/C10H21N2O2/c1-4-8(11)6-14-10(13)9(12)5-7(2)3/h7-9,11H,4-6,12H2,1-3H3/t8-,9+/m1/s1. The quantitative estimate of drug-likeness (QED) is 0.650. The molecule has 0 aliphatic heterocycles. The lowest BCUT2D eigenvalue weighted by Gasteiger charge is -2.14. The fourth-order valence-electron chi connectivity index (χ4n) is 1.01. The SMILES string of the molecule is CC[C@@H]([NH])COC(=O)[C@@H](N)CC(C)C. The first kappa shape index (κ1) is 13.4. The first-order valence-electron chi connectivity index (χ1n) is 5.10. The van der Waals surface area contributed by atoms with E-state index in [9.17, 15) is 4.79 Å². The van der Waals surface area contributed by atoms with Crippen molar-refractivity contribution < 1.29 is 9.53 Å². The van der Waals surface area contributed by atoms with Crippen LogP contribution in [0.4, 0.5) is 0 Å². The number of hydrogen-bond donors (Lipinski definition) is 1. The Bertz CT molecular complexity index is 172. The summed E-state index contributed by atoms with van der Waals surface area (Å²) in [6.07, 6.45) is 1.32. The zero-order chi connectivity index (χ0) is 11.1. The topological polar surface area (TPSA) is 76.1 Å². The third-order valence-corrected chi connectivity index (χ3v) is 1.95. The van der Waals surface area contributed by atoms with E-state index in [-0.39, 0.29) is 18.6 Å². The summed E-state index contributed by atoms with van der Waals surface area (Å²) in [5.74, 6) is -0.0000707. The Labute approximate surface area is 86.0 Å². The molecular weight excluding hydrogens is 180 g/mol. The largest absolute Gasteiger partial charge is 0.463 e. The van der Waals surface area contributed by atoms with Gasteiger partial charge in [-0.25, -0.2) is 0 Å². The average molecular weight is 201 g/mol. The number of rotatable bonds is 6. The van der Waals surface area contributed by atoms with Gasteiger partial charge in [0.05, 0.1) is 6.04 Å². The van der Waals surface area contributed by atoms with Crippen molar-refractivity contribution in [3.8, 4) is 0 Å². The lowest BCUT2D eigenvalue weighted by atomic mass is 10.1. The van der Waals surface area contributed by atoms with E-state index < -0.39 is 6.04 Å². The van der Waals surface area contributed by atoms with E-state index in [4.69, 9.17) is 16.2 Å². The Hall–Kier alpha value is -0.610. The number of ether oxygens (including phenoxy) is 1. The Morgan fingerprint density at radius 1 is 1.50 bits per heavy atom. The van der Waals surface area contributed by atoms with Crippen LogP contribution in [0.25, 0.3) is 0 Å². The van der Waals surface area contributed by atoms with Crippen molar-refractivity contribution in [2.75, 3.05) is 6.61 Å². The van der Waals surface area contributed by atoms with Crippen molar-refractivity contribution in [1.82, 2.24) is 5.73 Å². The van der Waals surface area contributed by atoms with E-state index in [2.05, 4.69) is 0 Å². The van der Waals surface area contributed by atoms with Crippen LogP contribution in [0.3, 0.4) is 0 Å². The van der Waals surface area contributed by atoms with Crippen molar-refractivity contribution >= 4 is 5.97 Å². The number of nitrogens with two attached hydrogens (primary N) is 1. The third kappa shape index (κ3) is 5.94. The fourth-order valence-corrected chi connectivity index (χ4v) is 1.01. The molecule has 0 unspecified atom stereocenters. The normalized spacial score (nSPS) is 15.3. The van der Waals surface area contributed by atoms with Crippen LogP contribution in [0.5, 0.6) is 0 Å². The average Bonchev–Trinajstić information content (AvgIpc) is 2.12. The van der Waals surface area contributed by atoms with Crippen molar-refractivity contribution in [2.45, 2.75) is 45.7 Å². The van der Waals surface area contributed by atoms with Crippen molar-refractivity contribution in [3.05, 3.63) is 0 Å². The molecule has 0 saturated carbocycles. The summed E-state index contributed by atoms with van der Waals surface area (Å²) in [7, 11) is 0. The maximum absolute atomic E-state index is 11.3. The second kappa shape index (κ2) is 6.79. The molecule has 0 fully saturated rings. The lowest BCUT2D eigenvalue weighted by Crippen LogP contribution is -2.35. The van der Waals surface area contributed by atoms with Crippen LogP contribution < -0.4 is 11.5 Å². The van der Waals surface area contributed by atoms with Gasteiger partial charge in [-0.15, -0.1) is 0 Å². The molecule has 4 nitrogen and oxygen atoms in total. The van der Waals surface area contributed by atoms with E-state index in [0.717, 1.165) is 0 Å². The van der Waals surface area contributed by atoms with Crippen LogP contribution >= 0.6 is 0 Å². The molecule has 0 bridgehead atoms. The molecule has 0 heterocycles. The molecule has 0 aromatic heterocycles. The predicted octanol–water partition coefficient (Wildman–Crippen LogP) is 0.964. The van der Waals surface area contributed by atoms with Crippen LogP contribution in [0.1, 0.15) is 33.6 Å². The Morgan fingerprint density at radius 3 is 2.50 bits per heavy atom. The van der Waals surface area contributed by atoms with E-state index >= 15 is 0 Å². The summed E-state index contributed by atoms with van der Waals surface area (Å²) in [5, 5.41) is 0. The highest BCUT2D eigenvalue weighted by Crippen LogP contribution is 2.04. The maximum Gasteiger partial charge on any atom is 0.322 e. The Balaban J connectivity index is 3.73. The fraction of sp³-hybridized carbons (Fsp3) is 0.900. The minimum absolute atomic E-state index is 0.154. The highest BCUT2D eigenvalue weighted by molar-refractivity contribution is 5.75. The number of esters is 1. The van der Waals surface area contributed by atoms with Gasteiger partial charge in [0, 0.05) is 0 Å². The van der Waals surface area contributed by atoms with Crippen LogP contribution in [-0.4, -0.2) is 24.7 Å². The molecule has 0 aliphatic carbocycles. The van der Waals surface area contributed by atoms with Gasteiger partial charge in [-0.05, 0) is 18.8 Å². The van der Waals surface area contributed by atoms with Gasteiger partial charge in [-0.2, -0.15) is 0 Å². The summed E-state index contributed by atoms with van der Waals surface area (Å²) < 4.78 is 4.91. The summed E-state index contributed by atoms with van der Waals surface area (Å²) >= 11 is 0. The van der Waals surface area contributed by atoms with E-state index in [1.165, 1.54) is 0 Å².